The summed E-state index contributed by atoms with van der Waals surface area (Å²) in [5.41, 5.74) is 2.14. The van der Waals surface area contributed by atoms with Crippen LogP contribution in [-0.2, 0) is 0 Å². The molecule has 0 saturated carbocycles. The molecule has 0 aliphatic heterocycles. The zero-order chi connectivity index (χ0) is 8.97. The molecule has 62 valence electrons. The number of hydrogen-bond acceptors (Lipinski definition) is 1. The smallest absolute Gasteiger partial charge is 0.0412 e. The van der Waals surface area contributed by atoms with Crippen molar-refractivity contribution in [2.75, 3.05) is 0 Å². The van der Waals surface area contributed by atoms with Gasteiger partial charge < -0.3 is 0 Å². The molecule has 0 fully saturated rings. The largest absolute Gasteiger partial charge is 0.272 e. The van der Waals surface area contributed by atoms with Crippen LogP contribution in [0.3, 0.4) is 0 Å². The van der Waals surface area contributed by atoms with Gasteiger partial charge in [0.05, 0.1) is 0 Å². The Kier molecular flexibility index (Phi) is 3.06. The van der Waals surface area contributed by atoms with Gasteiger partial charge in [-0.25, -0.2) is 0 Å². The highest BCUT2D eigenvalue weighted by atomic mass is 35.5. The van der Waals surface area contributed by atoms with E-state index in [1.807, 2.05) is 31.2 Å². The first kappa shape index (κ1) is 9.01. The Balaban J connectivity index is 3.03. The Labute approximate surface area is 77.4 Å². The van der Waals surface area contributed by atoms with E-state index < -0.39 is 0 Å². The van der Waals surface area contributed by atoms with Crippen LogP contribution in [0.25, 0.3) is 5.57 Å². The second-order valence-electron chi connectivity index (χ2n) is 2.51. The number of benzene rings is 1. The van der Waals surface area contributed by atoms with Crippen molar-refractivity contribution < 1.29 is 0 Å². The van der Waals surface area contributed by atoms with E-state index in [4.69, 9.17) is 11.6 Å². The first-order valence-corrected chi connectivity index (χ1v) is 4.00. The number of hydrogen-bond donors (Lipinski definition) is 0. The molecule has 0 heterocycles. The highest BCUT2D eigenvalue weighted by molar-refractivity contribution is 6.30. The number of aliphatic imine (C=N–C) groups is 1. The summed E-state index contributed by atoms with van der Waals surface area (Å²) in [5.74, 6) is 0. The molecular formula is C10H10ClN. The fourth-order valence-electron chi connectivity index (χ4n) is 0.945. The van der Waals surface area contributed by atoms with Crippen LogP contribution in [0.5, 0.6) is 0 Å². The van der Waals surface area contributed by atoms with Crippen LogP contribution in [-0.4, -0.2) is 6.72 Å². The third-order valence-corrected chi connectivity index (χ3v) is 1.80. The highest BCUT2D eigenvalue weighted by Gasteiger charge is 1.94. The van der Waals surface area contributed by atoms with E-state index in [9.17, 15) is 0 Å². The molecule has 0 aliphatic carbocycles. The summed E-state index contributed by atoms with van der Waals surface area (Å²) in [5, 5.41) is 0.740. The molecule has 0 bridgehead atoms. The number of nitrogens with zero attached hydrogens (tertiary/aromatic N) is 1. The van der Waals surface area contributed by atoms with Crippen molar-refractivity contribution >= 4 is 23.9 Å². The van der Waals surface area contributed by atoms with Crippen LogP contribution in [0, 0.1) is 0 Å². The third kappa shape index (κ3) is 2.21. The Hall–Kier alpha value is -1.08. The predicted molar refractivity (Wildman–Crippen MR) is 54.7 cm³/mol. The highest BCUT2D eigenvalue weighted by Crippen LogP contribution is 2.17. The second-order valence-corrected chi connectivity index (χ2v) is 2.94. The van der Waals surface area contributed by atoms with Crippen LogP contribution >= 0.6 is 11.6 Å². The van der Waals surface area contributed by atoms with Gasteiger partial charge in [0.15, 0.2) is 0 Å². The lowest BCUT2D eigenvalue weighted by molar-refractivity contribution is 1.51. The van der Waals surface area contributed by atoms with Crippen LogP contribution in [0.4, 0.5) is 0 Å². The van der Waals surface area contributed by atoms with Gasteiger partial charge in [-0.15, -0.1) is 0 Å². The van der Waals surface area contributed by atoms with Gasteiger partial charge >= 0.3 is 0 Å². The Bertz CT molecular complexity index is 315. The summed E-state index contributed by atoms with van der Waals surface area (Å²) in [4.78, 5) is 3.69. The molecule has 0 atom stereocenters. The Morgan fingerprint density at radius 2 is 2.33 bits per heavy atom. The van der Waals surface area contributed by atoms with Gasteiger partial charge in [0.1, 0.15) is 0 Å². The van der Waals surface area contributed by atoms with Crippen molar-refractivity contribution in [2.24, 2.45) is 4.99 Å². The van der Waals surface area contributed by atoms with Crippen LogP contribution < -0.4 is 0 Å². The zero-order valence-electron chi connectivity index (χ0n) is 6.92. The van der Waals surface area contributed by atoms with E-state index in [1.54, 1.807) is 6.20 Å². The van der Waals surface area contributed by atoms with Crippen LogP contribution in [0.15, 0.2) is 35.5 Å². The molecule has 0 aliphatic rings. The summed E-state index contributed by atoms with van der Waals surface area (Å²) in [7, 11) is 0. The molecule has 2 heteroatoms. The first-order chi connectivity index (χ1) is 5.74. The minimum Gasteiger partial charge on any atom is -0.272 e. The zero-order valence-corrected chi connectivity index (χ0v) is 7.67. The molecule has 0 amide bonds. The van der Waals surface area contributed by atoms with E-state index in [-0.39, 0.29) is 0 Å². The molecule has 1 aromatic carbocycles. The van der Waals surface area contributed by atoms with Crippen molar-refractivity contribution in [3.63, 3.8) is 0 Å². The fourth-order valence-corrected chi connectivity index (χ4v) is 1.14. The van der Waals surface area contributed by atoms with E-state index in [1.165, 1.54) is 0 Å². The minimum atomic E-state index is 0.740. The van der Waals surface area contributed by atoms with Gasteiger partial charge in [0.25, 0.3) is 0 Å². The molecule has 0 saturated heterocycles. The molecular weight excluding hydrogens is 170 g/mol. The van der Waals surface area contributed by atoms with Gasteiger partial charge in [0, 0.05) is 11.2 Å². The molecule has 0 N–H and O–H groups in total. The first-order valence-electron chi connectivity index (χ1n) is 3.62. The standard InChI is InChI=1S/C10H10ClN/c1-8(7-12-2)9-4-3-5-10(11)6-9/h3-7H,2H2,1H3. The van der Waals surface area contributed by atoms with Crippen molar-refractivity contribution in [2.45, 2.75) is 6.92 Å². The van der Waals surface area contributed by atoms with Gasteiger partial charge in [-0.05, 0) is 36.9 Å². The van der Waals surface area contributed by atoms with Crippen LogP contribution in [0.1, 0.15) is 12.5 Å². The molecule has 0 unspecified atom stereocenters. The monoisotopic (exact) mass is 179 g/mol. The van der Waals surface area contributed by atoms with Gasteiger partial charge in [-0.1, -0.05) is 23.7 Å². The maximum atomic E-state index is 5.82. The molecule has 1 rings (SSSR count). The van der Waals surface area contributed by atoms with E-state index in [2.05, 4.69) is 11.7 Å². The van der Waals surface area contributed by atoms with Crippen molar-refractivity contribution in [3.05, 3.63) is 41.1 Å². The average molecular weight is 180 g/mol. The quantitative estimate of drug-likeness (QED) is 0.617. The summed E-state index contributed by atoms with van der Waals surface area (Å²) >= 11 is 5.82. The normalized spacial score (nSPS) is 11.3. The predicted octanol–water partition coefficient (Wildman–Crippen LogP) is 3.40. The SMILES string of the molecule is C=NC=C(C)c1cccc(Cl)c1. The average Bonchev–Trinajstić information content (AvgIpc) is 2.05. The van der Waals surface area contributed by atoms with E-state index in [0.717, 1.165) is 16.2 Å². The fraction of sp³-hybridized carbons (Fsp3) is 0.100. The molecule has 1 nitrogen and oxygen atoms in total. The summed E-state index contributed by atoms with van der Waals surface area (Å²) < 4.78 is 0. The Morgan fingerprint density at radius 3 is 2.92 bits per heavy atom. The maximum absolute atomic E-state index is 5.82. The number of allylic oxidation sites excluding steroid dienone is 1. The van der Waals surface area contributed by atoms with Crippen molar-refractivity contribution in [3.8, 4) is 0 Å². The number of rotatable bonds is 2. The minimum absolute atomic E-state index is 0.740. The molecule has 0 radical (unpaired) electrons. The van der Waals surface area contributed by atoms with Gasteiger partial charge in [0.2, 0.25) is 0 Å². The topological polar surface area (TPSA) is 12.4 Å². The van der Waals surface area contributed by atoms with Crippen molar-refractivity contribution in [1.82, 2.24) is 0 Å². The van der Waals surface area contributed by atoms with Crippen LogP contribution in [0.2, 0.25) is 5.02 Å². The lowest BCUT2D eigenvalue weighted by Gasteiger charge is -1.99. The second kappa shape index (κ2) is 4.07. The third-order valence-electron chi connectivity index (χ3n) is 1.56. The summed E-state index contributed by atoms with van der Waals surface area (Å²) in [6.45, 7) is 5.36. The maximum Gasteiger partial charge on any atom is 0.0412 e. The summed E-state index contributed by atoms with van der Waals surface area (Å²) in [6.07, 6.45) is 1.71. The number of halogens is 1. The molecule has 1 aromatic rings. The van der Waals surface area contributed by atoms with E-state index >= 15 is 0 Å². The molecule has 12 heavy (non-hydrogen) atoms. The summed E-state index contributed by atoms with van der Waals surface area (Å²) in [6, 6.07) is 7.65. The van der Waals surface area contributed by atoms with Crippen molar-refractivity contribution in [1.29, 1.82) is 0 Å². The van der Waals surface area contributed by atoms with Gasteiger partial charge in [-0.3, -0.25) is 4.99 Å². The van der Waals surface area contributed by atoms with E-state index in [0.29, 0.717) is 0 Å². The molecule has 0 spiro atoms. The Morgan fingerprint density at radius 1 is 1.58 bits per heavy atom. The lowest BCUT2D eigenvalue weighted by atomic mass is 10.1. The van der Waals surface area contributed by atoms with Gasteiger partial charge in [-0.2, -0.15) is 0 Å². The lowest BCUT2D eigenvalue weighted by Crippen LogP contribution is -1.77. The molecule has 0 aromatic heterocycles.